The molecular formula is C10H9NO3. The van der Waals surface area contributed by atoms with Gasteiger partial charge < -0.3 is 10.2 Å². The highest BCUT2D eigenvalue weighted by Gasteiger charge is 2.21. The zero-order valence-electron chi connectivity index (χ0n) is 7.34. The first-order valence-electron chi connectivity index (χ1n) is 4.19. The fourth-order valence-electron chi connectivity index (χ4n) is 1.49. The van der Waals surface area contributed by atoms with Gasteiger partial charge in [0.1, 0.15) is 5.76 Å². The maximum absolute atomic E-state index is 10.8. The summed E-state index contributed by atoms with van der Waals surface area (Å²) in [4.78, 5) is 12.0. The van der Waals surface area contributed by atoms with Crippen molar-refractivity contribution in [2.75, 3.05) is 11.4 Å². The Labute approximate surface area is 80.7 Å². The fourth-order valence-corrected chi connectivity index (χ4v) is 1.49. The molecule has 0 spiro atoms. The predicted octanol–water partition coefficient (Wildman–Crippen LogP) is 2.08. The van der Waals surface area contributed by atoms with Gasteiger partial charge in [0, 0.05) is 5.56 Å². The molecule has 72 valence electrons. The summed E-state index contributed by atoms with van der Waals surface area (Å²) in [6.45, 7) is 0.193. The van der Waals surface area contributed by atoms with Crippen LogP contribution < -0.4 is 4.90 Å². The standard InChI is InChI=1S/C10H9NO3/c12-9-5-6-11(10(13)14)8-4-2-1-3-7(8)9/h1-5,12H,6H2,(H,13,14). The normalized spacial score (nSPS) is 14.6. The number of para-hydroxylation sites is 1. The second kappa shape index (κ2) is 3.06. The molecule has 14 heavy (non-hydrogen) atoms. The number of benzene rings is 1. The minimum absolute atomic E-state index is 0.137. The molecule has 4 nitrogen and oxygen atoms in total. The van der Waals surface area contributed by atoms with E-state index < -0.39 is 6.09 Å². The van der Waals surface area contributed by atoms with Crippen molar-refractivity contribution in [3.8, 4) is 0 Å². The molecule has 1 heterocycles. The van der Waals surface area contributed by atoms with Crippen molar-refractivity contribution in [3.05, 3.63) is 35.9 Å². The number of amides is 1. The van der Waals surface area contributed by atoms with Gasteiger partial charge in [0.2, 0.25) is 0 Å². The molecule has 0 saturated carbocycles. The summed E-state index contributed by atoms with van der Waals surface area (Å²) in [6.07, 6.45) is 0.470. The molecule has 0 aliphatic carbocycles. The van der Waals surface area contributed by atoms with Crippen molar-refractivity contribution in [1.29, 1.82) is 0 Å². The van der Waals surface area contributed by atoms with Gasteiger partial charge in [-0.1, -0.05) is 12.1 Å². The fraction of sp³-hybridized carbons (Fsp3) is 0.100. The van der Waals surface area contributed by atoms with E-state index in [-0.39, 0.29) is 12.3 Å². The maximum atomic E-state index is 10.8. The topological polar surface area (TPSA) is 60.8 Å². The van der Waals surface area contributed by atoms with Gasteiger partial charge in [-0.25, -0.2) is 4.79 Å². The van der Waals surface area contributed by atoms with Crippen molar-refractivity contribution in [1.82, 2.24) is 0 Å². The molecule has 2 rings (SSSR count). The van der Waals surface area contributed by atoms with E-state index in [9.17, 15) is 9.90 Å². The van der Waals surface area contributed by atoms with Gasteiger partial charge in [0.15, 0.2) is 0 Å². The van der Waals surface area contributed by atoms with E-state index >= 15 is 0 Å². The number of fused-ring (bicyclic) bond motifs is 1. The van der Waals surface area contributed by atoms with Crippen LogP contribution in [0.5, 0.6) is 0 Å². The number of aliphatic hydroxyl groups excluding tert-OH is 1. The summed E-state index contributed by atoms with van der Waals surface area (Å²) in [7, 11) is 0. The van der Waals surface area contributed by atoms with Gasteiger partial charge >= 0.3 is 6.09 Å². The summed E-state index contributed by atoms with van der Waals surface area (Å²) in [6, 6.07) is 6.87. The van der Waals surface area contributed by atoms with Crippen LogP contribution in [0, 0.1) is 0 Å². The van der Waals surface area contributed by atoms with Crippen LogP contribution in [0.25, 0.3) is 5.76 Å². The zero-order chi connectivity index (χ0) is 10.1. The summed E-state index contributed by atoms with van der Waals surface area (Å²) >= 11 is 0. The summed E-state index contributed by atoms with van der Waals surface area (Å²) < 4.78 is 0. The average molecular weight is 191 g/mol. The number of rotatable bonds is 0. The lowest BCUT2D eigenvalue weighted by Crippen LogP contribution is -2.32. The number of carbonyl (C=O) groups is 1. The van der Waals surface area contributed by atoms with Crippen LogP contribution in [-0.2, 0) is 0 Å². The Morgan fingerprint density at radius 3 is 2.79 bits per heavy atom. The Kier molecular flexibility index (Phi) is 1.89. The van der Waals surface area contributed by atoms with E-state index in [0.717, 1.165) is 0 Å². The van der Waals surface area contributed by atoms with Gasteiger partial charge in [0.05, 0.1) is 12.2 Å². The van der Waals surface area contributed by atoms with E-state index in [0.29, 0.717) is 11.3 Å². The van der Waals surface area contributed by atoms with Gasteiger partial charge in [-0.15, -0.1) is 0 Å². The number of hydrogen-bond donors (Lipinski definition) is 2. The first-order chi connectivity index (χ1) is 6.70. The lowest BCUT2D eigenvalue weighted by atomic mass is 10.1. The Bertz CT molecular complexity index is 412. The lowest BCUT2D eigenvalue weighted by molar-refractivity contribution is 0.202. The molecule has 1 aromatic carbocycles. The van der Waals surface area contributed by atoms with Crippen molar-refractivity contribution < 1.29 is 15.0 Å². The van der Waals surface area contributed by atoms with Crippen LogP contribution in [0.15, 0.2) is 30.3 Å². The first-order valence-corrected chi connectivity index (χ1v) is 4.19. The number of aliphatic hydroxyl groups is 1. The third-order valence-corrected chi connectivity index (χ3v) is 2.17. The third-order valence-electron chi connectivity index (χ3n) is 2.17. The van der Waals surface area contributed by atoms with Gasteiger partial charge in [-0.3, -0.25) is 4.90 Å². The summed E-state index contributed by atoms with van der Waals surface area (Å²) in [5.74, 6) is 0.137. The highest BCUT2D eigenvalue weighted by atomic mass is 16.4. The minimum atomic E-state index is -1.01. The third kappa shape index (κ3) is 1.21. The van der Waals surface area contributed by atoms with Crippen LogP contribution in [-0.4, -0.2) is 22.9 Å². The molecule has 4 heteroatoms. The average Bonchev–Trinajstić information content (AvgIpc) is 2.18. The molecule has 1 aliphatic heterocycles. The quantitative estimate of drug-likeness (QED) is 0.660. The van der Waals surface area contributed by atoms with Crippen LogP contribution >= 0.6 is 0 Å². The number of carboxylic acid groups (broad SMARTS) is 1. The van der Waals surface area contributed by atoms with Crippen LogP contribution in [0.1, 0.15) is 5.56 Å². The van der Waals surface area contributed by atoms with Crippen molar-refractivity contribution in [2.24, 2.45) is 0 Å². The zero-order valence-corrected chi connectivity index (χ0v) is 7.34. The number of nitrogens with zero attached hydrogens (tertiary/aromatic N) is 1. The minimum Gasteiger partial charge on any atom is -0.508 e. The Balaban J connectivity index is 2.54. The molecule has 1 aliphatic rings. The Hall–Kier alpha value is -1.97. The van der Waals surface area contributed by atoms with E-state index in [1.807, 2.05) is 0 Å². The van der Waals surface area contributed by atoms with Crippen LogP contribution in [0.4, 0.5) is 10.5 Å². The van der Waals surface area contributed by atoms with E-state index in [1.165, 1.54) is 11.0 Å². The molecule has 0 aromatic heterocycles. The van der Waals surface area contributed by atoms with Crippen LogP contribution in [0.3, 0.4) is 0 Å². The first kappa shape index (κ1) is 8.62. The van der Waals surface area contributed by atoms with Crippen molar-refractivity contribution in [3.63, 3.8) is 0 Å². The molecule has 1 aromatic rings. The number of hydrogen-bond acceptors (Lipinski definition) is 2. The van der Waals surface area contributed by atoms with Gasteiger partial charge in [-0.2, -0.15) is 0 Å². The van der Waals surface area contributed by atoms with Crippen molar-refractivity contribution >= 4 is 17.5 Å². The summed E-state index contributed by atoms with van der Waals surface area (Å²) in [5, 5.41) is 18.4. The van der Waals surface area contributed by atoms with Gasteiger partial charge in [0.25, 0.3) is 0 Å². The Morgan fingerprint density at radius 2 is 2.07 bits per heavy atom. The monoisotopic (exact) mass is 191 g/mol. The molecular weight excluding hydrogens is 182 g/mol. The maximum Gasteiger partial charge on any atom is 0.412 e. The SMILES string of the molecule is O=C(O)N1CC=C(O)c2ccccc21. The Morgan fingerprint density at radius 1 is 1.36 bits per heavy atom. The van der Waals surface area contributed by atoms with Crippen LogP contribution in [0.2, 0.25) is 0 Å². The highest BCUT2D eigenvalue weighted by molar-refractivity contribution is 5.92. The van der Waals surface area contributed by atoms with Crippen molar-refractivity contribution in [2.45, 2.75) is 0 Å². The van der Waals surface area contributed by atoms with Gasteiger partial charge in [-0.05, 0) is 18.2 Å². The summed E-state index contributed by atoms with van der Waals surface area (Å²) in [5.41, 5.74) is 1.08. The number of anilines is 1. The molecule has 0 unspecified atom stereocenters. The van der Waals surface area contributed by atoms with E-state index in [1.54, 1.807) is 24.3 Å². The molecule has 0 atom stereocenters. The molecule has 0 radical (unpaired) electrons. The molecule has 0 saturated heterocycles. The largest absolute Gasteiger partial charge is 0.508 e. The lowest BCUT2D eigenvalue weighted by Gasteiger charge is -2.24. The second-order valence-electron chi connectivity index (χ2n) is 3.00. The molecule has 1 amide bonds. The molecule has 0 fully saturated rings. The molecule has 0 bridgehead atoms. The smallest absolute Gasteiger partial charge is 0.412 e. The second-order valence-corrected chi connectivity index (χ2v) is 3.00. The molecule has 2 N–H and O–H groups in total. The van der Waals surface area contributed by atoms with E-state index in [4.69, 9.17) is 5.11 Å². The highest BCUT2D eigenvalue weighted by Crippen LogP contribution is 2.29. The predicted molar refractivity (Wildman–Crippen MR) is 52.4 cm³/mol. The van der Waals surface area contributed by atoms with E-state index in [2.05, 4.69) is 0 Å².